The van der Waals surface area contributed by atoms with Gasteiger partial charge in [-0.1, -0.05) is 0 Å². The van der Waals surface area contributed by atoms with Crippen LogP contribution in [-0.2, 0) is 9.47 Å². The molecule has 1 rings (SSSR count). The van der Waals surface area contributed by atoms with Gasteiger partial charge in [0.15, 0.2) is 0 Å². The van der Waals surface area contributed by atoms with E-state index in [4.69, 9.17) is 9.47 Å². The van der Waals surface area contributed by atoms with Crippen LogP contribution < -0.4 is 5.32 Å². The molecule has 0 radical (unpaired) electrons. The summed E-state index contributed by atoms with van der Waals surface area (Å²) in [5, 5.41) is 3.41. The van der Waals surface area contributed by atoms with E-state index in [1.54, 1.807) is 4.90 Å². The van der Waals surface area contributed by atoms with Gasteiger partial charge in [-0.15, -0.1) is 0 Å². The topological polar surface area (TPSA) is 50.8 Å². The zero-order valence-electron chi connectivity index (χ0n) is 13.4. The van der Waals surface area contributed by atoms with Crippen molar-refractivity contribution < 1.29 is 14.3 Å². The predicted molar refractivity (Wildman–Crippen MR) is 79.9 cm³/mol. The number of nitrogens with zero attached hydrogens (tertiary/aromatic N) is 1. The fourth-order valence-electron chi connectivity index (χ4n) is 2.19. The highest BCUT2D eigenvalue weighted by molar-refractivity contribution is 5.68. The lowest BCUT2D eigenvalue weighted by atomic mass is 10.0. The Morgan fingerprint density at radius 3 is 2.75 bits per heavy atom. The molecule has 0 saturated carbocycles. The van der Waals surface area contributed by atoms with Gasteiger partial charge >= 0.3 is 6.09 Å². The Morgan fingerprint density at radius 2 is 2.20 bits per heavy atom. The Bertz CT molecular complexity index is 283. The number of carbonyl (C=O) groups excluding carboxylic acids is 1. The van der Waals surface area contributed by atoms with Crippen LogP contribution in [0.5, 0.6) is 0 Å². The van der Waals surface area contributed by atoms with Crippen molar-refractivity contribution in [2.24, 2.45) is 5.92 Å². The second kappa shape index (κ2) is 8.47. The molecule has 1 amide bonds. The molecule has 1 aliphatic rings. The Morgan fingerprint density at radius 1 is 1.45 bits per heavy atom. The second-order valence-electron chi connectivity index (χ2n) is 6.35. The van der Waals surface area contributed by atoms with Crippen LogP contribution in [0.4, 0.5) is 4.79 Å². The Kier molecular flexibility index (Phi) is 7.30. The maximum Gasteiger partial charge on any atom is 0.410 e. The van der Waals surface area contributed by atoms with Gasteiger partial charge in [0.2, 0.25) is 0 Å². The summed E-state index contributed by atoms with van der Waals surface area (Å²) >= 11 is 0. The number of hydrogen-bond donors (Lipinski definition) is 1. The maximum absolute atomic E-state index is 11.9. The molecule has 1 saturated heterocycles. The van der Waals surface area contributed by atoms with Crippen molar-refractivity contribution in [2.75, 3.05) is 39.4 Å². The van der Waals surface area contributed by atoms with Crippen LogP contribution in [0.3, 0.4) is 0 Å². The van der Waals surface area contributed by atoms with Gasteiger partial charge in [-0.05, 0) is 46.5 Å². The number of likely N-dealkylation sites (N-methyl/N-ethyl adjacent to an activating group) is 1. The van der Waals surface area contributed by atoms with Gasteiger partial charge in [-0.25, -0.2) is 4.79 Å². The smallest absolute Gasteiger partial charge is 0.410 e. The lowest BCUT2D eigenvalue weighted by Crippen LogP contribution is -2.41. The summed E-state index contributed by atoms with van der Waals surface area (Å²) in [5.74, 6) is 0.611. The monoisotopic (exact) mass is 286 g/mol. The third-order valence-corrected chi connectivity index (χ3v) is 3.28. The molecule has 1 N–H and O–H groups in total. The number of amides is 1. The summed E-state index contributed by atoms with van der Waals surface area (Å²) in [5.41, 5.74) is -0.433. The van der Waals surface area contributed by atoms with E-state index in [0.717, 1.165) is 32.7 Å². The molecular weight excluding hydrogens is 256 g/mol. The van der Waals surface area contributed by atoms with Crippen molar-refractivity contribution in [3.05, 3.63) is 0 Å². The van der Waals surface area contributed by atoms with Gasteiger partial charge in [-0.3, -0.25) is 0 Å². The maximum atomic E-state index is 11.9. The molecule has 118 valence electrons. The predicted octanol–water partition coefficient (Wildman–Crippen LogP) is 2.26. The average molecular weight is 286 g/mol. The first-order valence-electron chi connectivity index (χ1n) is 7.68. The van der Waals surface area contributed by atoms with Gasteiger partial charge in [0, 0.05) is 32.8 Å². The first-order chi connectivity index (χ1) is 9.42. The van der Waals surface area contributed by atoms with Gasteiger partial charge in [-0.2, -0.15) is 0 Å². The van der Waals surface area contributed by atoms with E-state index < -0.39 is 5.60 Å². The SMILES string of the molecule is CCN(CCNCC1CCCOC1)C(=O)OC(C)(C)C. The van der Waals surface area contributed by atoms with Crippen molar-refractivity contribution in [1.29, 1.82) is 0 Å². The Balaban J connectivity index is 2.18. The van der Waals surface area contributed by atoms with Crippen LogP contribution in [0, 0.1) is 5.92 Å². The number of ether oxygens (including phenoxy) is 2. The van der Waals surface area contributed by atoms with E-state index >= 15 is 0 Å². The zero-order chi connectivity index (χ0) is 15.0. The van der Waals surface area contributed by atoms with Crippen molar-refractivity contribution in [3.63, 3.8) is 0 Å². The van der Waals surface area contributed by atoms with Crippen LogP contribution in [0.2, 0.25) is 0 Å². The highest BCUT2D eigenvalue weighted by atomic mass is 16.6. The Hall–Kier alpha value is -0.810. The normalized spacial score (nSPS) is 19.7. The minimum atomic E-state index is -0.433. The van der Waals surface area contributed by atoms with E-state index in [-0.39, 0.29) is 6.09 Å². The standard InChI is InChI=1S/C15H30N2O3/c1-5-17(14(18)20-15(2,3)4)9-8-16-11-13-7-6-10-19-12-13/h13,16H,5-12H2,1-4H3. The molecule has 1 fully saturated rings. The first-order valence-corrected chi connectivity index (χ1v) is 7.68. The molecule has 5 nitrogen and oxygen atoms in total. The molecule has 1 heterocycles. The molecule has 1 aliphatic heterocycles. The van der Waals surface area contributed by atoms with Crippen LogP contribution in [-0.4, -0.2) is 56.0 Å². The van der Waals surface area contributed by atoms with Gasteiger partial charge in [0.25, 0.3) is 0 Å². The molecular formula is C15H30N2O3. The van der Waals surface area contributed by atoms with Crippen LogP contribution >= 0.6 is 0 Å². The van der Waals surface area contributed by atoms with E-state index in [1.807, 2.05) is 27.7 Å². The molecule has 0 aromatic carbocycles. The molecule has 1 atom stereocenters. The van der Waals surface area contributed by atoms with Crippen molar-refractivity contribution in [2.45, 2.75) is 46.1 Å². The molecule has 0 aromatic heterocycles. The molecule has 1 unspecified atom stereocenters. The fourth-order valence-corrected chi connectivity index (χ4v) is 2.19. The van der Waals surface area contributed by atoms with Crippen LogP contribution in [0.1, 0.15) is 40.5 Å². The van der Waals surface area contributed by atoms with E-state index in [2.05, 4.69) is 5.32 Å². The fraction of sp³-hybridized carbons (Fsp3) is 0.933. The molecule has 0 bridgehead atoms. The summed E-state index contributed by atoms with van der Waals surface area (Å²) < 4.78 is 10.8. The largest absolute Gasteiger partial charge is 0.444 e. The third-order valence-electron chi connectivity index (χ3n) is 3.28. The van der Waals surface area contributed by atoms with E-state index in [1.165, 1.54) is 6.42 Å². The molecule has 0 aromatic rings. The first kappa shape index (κ1) is 17.2. The lowest BCUT2D eigenvalue weighted by Gasteiger charge is -2.27. The molecule has 0 aliphatic carbocycles. The zero-order valence-corrected chi connectivity index (χ0v) is 13.4. The van der Waals surface area contributed by atoms with Crippen molar-refractivity contribution in [3.8, 4) is 0 Å². The number of hydrogen-bond acceptors (Lipinski definition) is 4. The summed E-state index contributed by atoms with van der Waals surface area (Å²) in [6.07, 6.45) is 2.16. The minimum Gasteiger partial charge on any atom is -0.444 e. The number of carbonyl (C=O) groups is 1. The summed E-state index contributed by atoms with van der Waals surface area (Å²) in [7, 11) is 0. The van der Waals surface area contributed by atoms with Gasteiger partial charge in [0.1, 0.15) is 5.60 Å². The number of rotatable bonds is 6. The summed E-state index contributed by atoms with van der Waals surface area (Å²) in [6, 6.07) is 0. The molecule has 5 heteroatoms. The molecule has 0 spiro atoms. The highest BCUT2D eigenvalue weighted by Gasteiger charge is 2.20. The second-order valence-corrected chi connectivity index (χ2v) is 6.35. The van der Waals surface area contributed by atoms with E-state index in [0.29, 0.717) is 19.0 Å². The van der Waals surface area contributed by atoms with E-state index in [9.17, 15) is 4.79 Å². The van der Waals surface area contributed by atoms with Gasteiger partial charge in [0.05, 0.1) is 6.61 Å². The van der Waals surface area contributed by atoms with Crippen LogP contribution in [0.25, 0.3) is 0 Å². The number of nitrogens with one attached hydrogen (secondary N) is 1. The lowest BCUT2D eigenvalue weighted by molar-refractivity contribution is 0.0258. The molecule has 20 heavy (non-hydrogen) atoms. The Labute approximate surface area is 123 Å². The third kappa shape index (κ3) is 7.10. The summed E-state index contributed by atoms with van der Waals surface area (Å²) in [4.78, 5) is 13.7. The van der Waals surface area contributed by atoms with Crippen LogP contribution in [0.15, 0.2) is 0 Å². The average Bonchev–Trinajstić information content (AvgIpc) is 2.38. The van der Waals surface area contributed by atoms with Gasteiger partial charge < -0.3 is 19.7 Å². The minimum absolute atomic E-state index is 0.234. The van der Waals surface area contributed by atoms with Crippen molar-refractivity contribution in [1.82, 2.24) is 10.2 Å². The van der Waals surface area contributed by atoms with Crippen molar-refractivity contribution >= 4 is 6.09 Å². The highest BCUT2D eigenvalue weighted by Crippen LogP contribution is 2.12. The summed E-state index contributed by atoms with van der Waals surface area (Å²) in [6.45, 7) is 12.5. The quantitative estimate of drug-likeness (QED) is 0.761.